The number of nitro groups is 1. The molecule has 0 amide bonds. The van der Waals surface area contributed by atoms with Gasteiger partial charge in [-0.25, -0.2) is 4.98 Å². The molecule has 0 saturated carbocycles. The monoisotopic (exact) mass is 365 g/mol. The summed E-state index contributed by atoms with van der Waals surface area (Å²) in [5, 5.41) is 11.8. The van der Waals surface area contributed by atoms with Crippen LogP contribution in [0.3, 0.4) is 0 Å². The maximum atomic E-state index is 11.2. The highest BCUT2D eigenvalue weighted by atomic mass is 16.6. The van der Waals surface area contributed by atoms with Gasteiger partial charge in [-0.1, -0.05) is 18.2 Å². The van der Waals surface area contributed by atoms with Crippen LogP contribution in [0.5, 0.6) is 11.6 Å². The normalized spacial score (nSPS) is 15.1. The molecular weight excluding hydrogens is 346 g/mol. The van der Waals surface area contributed by atoms with E-state index in [9.17, 15) is 10.1 Å². The fourth-order valence-electron chi connectivity index (χ4n) is 3.02. The lowest BCUT2D eigenvalue weighted by molar-refractivity contribution is -0.384. The van der Waals surface area contributed by atoms with Gasteiger partial charge in [0.2, 0.25) is 11.8 Å². The van der Waals surface area contributed by atoms with E-state index in [1.54, 1.807) is 6.07 Å². The molecule has 27 heavy (non-hydrogen) atoms. The van der Waals surface area contributed by atoms with E-state index < -0.39 is 4.92 Å². The molecule has 1 aliphatic rings. The number of benzene rings is 2. The summed E-state index contributed by atoms with van der Waals surface area (Å²) in [6.45, 7) is 3.40. The van der Waals surface area contributed by atoms with Crippen LogP contribution in [-0.4, -0.2) is 53.0 Å². The number of fused-ring (bicyclic) bond motifs is 1. The van der Waals surface area contributed by atoms with Gasteiger partial charge in [0.05, 0.1) is 15.8 Å². The summed E-state index contributed by atoms with van der Waals surface area (Å²) in [5.41, 5.74) is 0.496. The van der Waals surface area contributed by atoms with Crippen LogP contribution in [0.15, 0.2) is 48.5 Å². The average Bonchev–Trinajstić information content (AvgIpc) is 2.68. The van der Waals surface area contributed by atoms with E-state index in [0.29, 0.717) is 28.5 Å². The van der Waals surface area contributed by atoms with Crippen molar-refractivity contribution >= 4 is 22.5 Å². The fourth-order valence-corrected chi connectivity index (χ4v) is 3.02. The topological polar surface area (TPSA) is 84.6 Å². The summed E-state index contributed by atoms with van der Waals surface area (Å²) in [5.74, 6) is 1.58. The number of para-hydroxylation sites is 1. The number of hydrogen-bond donors (Lipinski definition) is 0. The van der Waals surface area contributed by atoms with Crippen molar-refractivity contribution in [3.8, 4) is 11.6 Å². The Hall–Kier alpha value is -3.26. The Morgan fingerprint density at radius 2 is 1.78 bits per heavy atom. The number of anilines is 1. The lowest BCUT2D eigenvalue weighted by Gasteiger charge is -2.32. The smallest absolute Gasteiger partial charge is 0.271 e. The number of piperazine rings is 1. The maximum Gasteiger partial charge on any atom is 0.271 e. The molecule has 138 valence electrons. The molecule has 3 aromatic rings. The van der Waals surface area contributed by atoms with Crippen molar-refractivity contribution in [3.05, 3.63) is 58.6 Å². The number of aromatic nitrogens is 2. The van der Waals surface area contributed by atoms with Crippen molar-refractivity contribution in [3.63, 3.8) is 0 Å². The van der Waals surface area contributed by atoms with Crippen LogP contribution in [0.4, 0.5) is 11.6 Å². The largest absolute Gasteiger partial charge is 0.438 e. The predicted octanol–water partition coefficient (Wildman–Crippen LogP) is 3.08. The minimum absolute atomic E-state index is 0.00353. The third-order valence-electron chi connectivity index (χ3n) is 4.59. The van der Waals surface area contributed by atoms with Crippen molar-refractivity contribution < 1.29 is 9.66 Å². The minimum atomic E-state index is -0.422. The Kier molecular flexibility index (Phi) is 4.55. The first-order valence-corrected chi connectivity index (χ1v) is 8.73. The first kappa shape index (κ1) is 17.2. The third-order valence-corrected chi connectivity index (χ3v) is 4.59. The van der Waals surface area contributed by atoms with Crippen molar-refractivity contribution in [2.45, 2.75) is 0 Å². The fraction of sp³-hybridized carbons (Fsp3) is 0.263. The SMILES string of the molecule is CN1CCN(c2nc(Oc3ccccc3)c3ccc([N+](=O)[O-])cc3n2)CC1. The maximum absolute atomic E-state index is 11.2. The summed E-state index contributed by atoms with van der Waals surface area (Å²) < 4.78 is 5.99. The van der Waals surface area contributed by atoms with Gasteiger partial charge in [-0.2, -0.15) is 4.98 Å². The third kappa shape index (κ3) is 3.65. The van der Waals surface area contributed by atoms with Crippen LogP contribution < -0.4 is 9.64 Å². The molecule has 0 spiro atoms. The molecule has 1 aliphatic heterocycles. The number of hydrogen-bond acceptors (Lipinski definition) is 7. The second-order valence-corrected chi connectivity index (χ2v) is 6.49. The van der Waals surface area contributed by atoms with E-state index in [1.807, 2.05) is 30.3 Å². The van der Waals surface area contributed by atoms with Gasteiger partial charge in [0.1, 0.15) is 5.75 Å². The first-order valence-electron chi connectivity index (χ1n) is 8.73. The van der Waals surface area contributed by atoms with E-state index in [2.05, 4.69) is 26.8 Å². The van der Waals surface area contributed by atoms with Crippen LogP contribution in [0, 0.1) is 10.1 Å². The van der Waals surface area contributed by atoms with Crippen LogP contribution in [0.2, 0.25) is 0 Å². The van der Waals surface area contributed by atoms with Gasteiger partial charge in [0.15, 0.2) is 0 Å². The van der Waals surface area contributed by atoms with E-state index in [0.717, 1.165) is 26.2 Å². The lowest BCUT2D eigenvalue weighted by Crippen LogP contribution is -2.45. The molecule has 0 radical (unpaired) electrons. The molecule has 0 atom stereocenters. The molecule has 1 aromatic heterocycles. The van der Waals surface area contributed by atoms with Gasteiger partial charge in [0.25, 0.3) is 5.69 Å². The summed E-state index contributed by atoms with van der Waals surface area (Å²) in [6.07, 6.45) is 0. The van der Waals surface area contributed by atoms with Gasteiger partial charge in [-0.3, -0.25) is 10.1 Å². The zero-order chi connectivity index (χ0) is 18.8. The Balaban J connectivity index is 1.79. The second kappa shape index (κ2) is 7.16. The Bertz CT molecular complexity index is 972. The Morgan fingerprint density at radius 1 is 1.04 bits per heavy atom. The summed E-state index contributed by atoms with van der Waals surface area (Å²) in [7, 11) is 2.08. The Labute approximate surface area is 156 Å². The van der Waals surface area contributed by atoms with Crippen molar-refractivity contribution in [1.82, 2.24) is 14.9 Å². The summed E-state index contributed by atoms with van der Waals surface area (Å²) >= 11 is 0. The number of non-ortho nitro benzene ring substituents is 1. The van der Waals surface area contributed by atoms with Crippen LogP contribution >= 0.6 is 0 Å². The molecule has 2 heterocycles. The van der Waals surface area contributed by atoms with Gasteiger partial charge < -0.3 is 14.5 Å². The van der Waals surface area contributed by atoms with Crippen LogP contribution in [-0.2, 0) is 0 Å². The zero-order valence-corrected chi connectivity index (χ0v) is 14.9. The van der Waals surface area contributed by atoms with Gasteiger partial charge in [-0.15, -0.1) is 0 Å². The first-order chi connectivity index (χ1) is 13.1. The van der Waals surface area contributed by atoms with E-state index in [1.165, 1.54) is 12.1 Å². The van der Waals surface area contributed by atoms with Crippen molar-refractivity contribution in [2.75, 3.05) is 38.1 Å². The second-order valence-electron chi connectivity index (χ2n) is 6.49. The number of likely N-dealkylation sites (N-methyl/N-ethyl adjacent to an activating group) is 1. The molecule has 8 nitrogen and oxygen atoms in total. The zero-order valence-electron chi connectivity index (χ0n) is 14.9. The molecule has 0 unspecified atom stereocenters. The number of nitro benzene ring substituents is 1. The van der Waals surface area contributed by atoms with Crippen molar-refractivity contribution in [1.29, 1.82) is 0 Å². The van der Waals surface area contributed by atoms with Crippen LogP contribution in [0.1, 0.15) is 0 Å². The molecule has 0 N–H and O–H groups in total. The number of rotatable bonds is 4. The summed E-state index contributed by atoms with van der Waals surface area (Å²) in [4.78, 5) is 24.3. The van der Waals surface area contributed by atoms with E-state index in [4.69, 9.17) is 4.74 Å². The van der Waals surface area contributed by atoms with Gasteiger partial charge in [-0.05, 0) is 25.2 Å². The number of ether oxygens (including phenoxy) is 1. The number of nitrogens with zero attached hydrogens (tertiary/aromatic N) is 5. The standard InChI is InChI=1S/C19H19N5O3/c1-22-9-11-23(12-10-22)19-20-17-13-14(24(25)26)7-8-16(17)18(21-19)27-15-5-3-2-4-6-15/h2-8,13H,9-12H2,1H3. The molecule has 2 aromatic carbocycles. The molecule has 0 aliphatic carbocycles. The predicted molar refractivity (Wildman–Crippen MR) is 102 cm³/mol. The molecule has 4 rings (SSSR count). The van der Waals surface area contributed by atoms with Crippen LogP contribution in [0.25, 0.3) is 10.9 Å². The molecule has 8 heteroatoms. The summed E-state index contributed by atoms with van der Waals surface area (Å²) in [6, 6.07) is 13.9. The minimum Gasteiger partial charge on any atom is -0.438 e. The molecule has 1 fully saturated rings. The highest BCUT2D eigenvalue weighted by Crippen LogP contribution is 2.31. The Morgan fingerprint density at radius 3 is 2.48 bits per heavy atom. The van der Waals surface area contributed by atoms with Gasteiger partial charge in [0, 0.05) is 38.3 Å². The molecule has 0 bridgehead atoms. The highest BCUT2D eigenvalue weighted by molar-refractivity contribution is 5.86. The van der Waals surface area contributed by atoms with Gasteiger partial charge >= 0.3 is 0 Å². The lowest BCUT2D eigenvalue weighted by atomic mass is 10.2. The quantitative estimate of drug-likeness (QED) is 0.519. The molecular formula is C19H19N5O3. The average molecular weight is 365 g/mol. The van der Waals surface area contributed by atoms with Crippen molar-refractivity contribution in [2.24, 2.45) is 0 Å². The molecule has 1 saturated heterocycles. The van der Waals surface area contributed by atoms with E-state index >= 15 is 0 Å². The van der Waals surface area contributed by atoms with E-state index in [-0.39, 0.29) is 5.69 Å². The highest BCUT2D eigenvalue weighted by Gasteiger charge is 2.20.